The number of rotatable bonds is 2. The SMILES string of the molecule is Cc1ccc2nc(Cc3ccccc3)nc(N)c2c1. The molecule has 3 aromatic rings. The van der Waals surface area contributed by atoms with Crippen molar-refractivity contribution in [3.8, 4) is 0 Å². The summed E-state index contributed by atoms with van der Waals surface area (Å²) in [6.45, 7) is 2.04. The Morgan fingerprint density at radius 3 is 2.58 bits per heavy atom. The molecule has 0 aliphatic heterocycles. The third-order valence-electron chi connectivity index (χ3n) is 3.13. The lowest BCUT2D eigenvalue weighted by Crippen LogP contribution is -2.02. The highest BCUT2D eigenvalue weighted by Gasteiger charge is 2.06. The Labute approximate surface area is 112 Å². The van der Waals surface area contributed by atoms with E-state index in [9.17, 15) is 0 Å². The van der Waals surface area contributed by atoms with Gasteiger partial charge in [0.2, 0.25) is 0 Å². The second-order valence-electron chi connectivity index (χ2n) is 4.71. The number of aryl methyl sites for hydroxylation is 1. The highest BCUT2D eigenvalue weighted by atomic mass is 14.9. The molecule has 0 saturated heterocycles. The van der Waals surface area contributed by atoms with Gasteiger partial charge in [0.1, 0.15) is 11.6 Å². The number of nitrogen functional groups attached to an aromatic ring is 1. The Morgan fingerprint density at radius 1 is 1.00 bits per heavy atom. The Balaban J connectivity index is 2.04. The van der Waals surface area contributed by atoms with E-state index in [4.69, 9.17) is 5.73 Å². The molecule has 1 heterocycles. The molecule has 0 aliphatic rings. The third-order valence-corrected chi connectivity index (χ3v) is 3.13. The first-order valence-corrected chi connectivity index (χ1v) is 6.29. The molecule has 3 rings (SSSR count). The molecule has 19 heavy (non-hydrogen) atoms. The van der Waals surface area contributed by atoms with E-state index >= 15 is 0 Å². The molecule has 1 aromatic heterocycles. The van der Waals surface area contributed by atoms with Crippen LogP contribution in [0, 0.1) is 6.92 Å². The van der Waals surface area contributed by atoms with Crippen molar-refractivity contribution in [3.63, 3.8) is 0 Å². The lowest BCUT2D eigenvalue weighted by atomic mass is 10.1. The first-order valence-electron chi connectivity index (χ1n) is 6.29. The number of nitrogens with two attached hydrogens (primary N) is 1. The molecule has 3 heteroatoms. The molecule has 0 bridgehead atoms. The van der Waals surface area contributed by atoms with Crippen LogP contribution in [0.5, 0.6) is 0 Å². The van der Waals surface area contributed by atoms with E-state index in [1.165, 1.54) is 11.1 Å². The van der Waals surface area contributed by atoms with Crippen LogP contribution in [0.25, 0.3) is 10.9 Å². The van der Waals surface area contributed by atoms with Gasteiger partial charge < -0.3 is 5.73 Å². The van der Waals surface area contributed by atoms with Gasteiger partial charge in [-0.05, 0) is 24.6 Å². The Morgan fingerprint density at radius 2 is 1.79 bits per heavy atom. The predicted octanol–water partition coefficient (Wildman–Crippen LogP) is 3.11. The summed E-state index contributed by atoms with van der Waals surface area (Å²) in [5, 5.41) is 0.928. The van der Waals surface area contributed by atoms with Gasteiger partial charge in [-0.3, -0.25) is 0 Å². The van der Waals surface area contributed by atoms with Crippen LogP contribution in [0.1, 0.15) is 17.0 Å². The molecule has 0 fully saturated rings. The minimum Gasteiger partial charge on any atom is -0.383 e. The molecule has 0 amide bonds. The van der Waals surface area contributed by atoms with Gasteiger partial charge in [-0.15, -0.1) is 0 Å². The van der Waals surface area contributed by atoms with Crippen molar-refractivity contribution in [2.75, 3.05) is 5.73 Å². The van der Waals surface area contributed by atoms with E-state index in [0.717, 1.165) is 16.7 Å². The Hall–Kier alpha value is -2.42. The summed E-state index contributed by atoms with van der Waals surface area (Å²) in [4.78, 5) is 8.99. The topological polar surface area (TPSA) is 51.8 Å². The van der Waals surface area contributed by atoms with E-state index < -0.39 is 0 Å². The highest BCUT2D eigenvalue weighted by Crippen LogP contribution is 2.20. The van der Waals surface area contributed by atoms with E-state index in [-0.39, 0.29) is 0 Å². The van der Waals surface area contributed by atoms with E-state index in [2.05, 4.69) is 22.1 Å². The quantitative estimate of drug-likeness (QED) is 0.759. The number of benzene rings is 2. The van der Waals surface area contributed by atoms with Gasteiger partial charge in [0.15, 0.2) is 0 Å². The lowest BCUT2D eigenvalue weighted by Gasteiger charge is -2.06. The Kier molecular flexibility index (Phi) is 2.88. The normalized spacial score (nSPS) is 10.8. The maximum atomic E-state index is 6.03. The van der Waals surface area contributed by atoms with Gasteiger partial charge >= 0.3 is 0 Å². The maximum absolute atomic E-state index is 6.03. The van der Waals surface area contributed by atoms with Gasteiger partial charge in [-0.1, -0.05) is 42.0 Å². The molecule has 0 atom stereocenters. The van der Waals surface area contributed by atoms with Crippen LogP contribution >= 0.6 is 0 Å². The van der Waals surface area contributed by atoms with Gasteiger partial charge in [0.05, 0.1) is 5.52 Å². The summed E-state index contributed by atoms with van der Waals surface area (Å²) in [6, 6.07) is 16.2. The zero-order valence-electron chi connectivity index (χ0n) is 10.8. The molecule has 0 unspecified atom stereocenters. The van der Waals surface area contributed by atoms with Crippen LogP contribution in [0.3, 0.4) is 0 Å². The van der Waals surface area contributed by atoms with Crippen LogP contribution in [-0.2, 0) is 6.42 Å². The van der Waals surface area contributed by atoms with Crippen LogP contribution < -0.4 is 5.73 Å². The molecule has 0 saturated carbocycles. The predicted molar refractivity (Wildman–Crippen MR) is 77.9 cm³/mol. The van der Waals surface area contributed by atoms with E-state index in [1.807, 2.05) is 43.3 Å². The van der Waals surface area contributed by atoms with E-state index in [0.29, 0.717) is 12.2 Å². The fourth-order valence-electron chi connectivity index (χ4n) is 2.17. The third kappa shape index (κ3) is 2.40. The minimum atomic E-state index is 0.555. The zero-order valence-corrected chi connectivity index (χ0v) is 10.8. The summed E-state index contributed by atoms with van der Waals surface area (Å²) in [5.41, 5.74) is 9.29. The van der Waals surface area contributed by atoms with Crippen LogP contribution in [0.15, 0.2) is 48.5 Å². The smallest absolute Gasteiger partial charge is 0.135 e. The lowest BCUT2D eigenvalue weighted by molar-refractivity contribution is 0.998. The fourth-order valence-corrected chi connectivity index (χ4v) is 2.17. The van der Waals surface area contributed by atoms with Gasteiger partial charge in [-0.25, -0.2) is 9.97 Å². The standard InChI is InChI=1S/C16H15N3/c1-11-7-8-14-13(9-11)16(17)19-15(18-14)10-12-5-3-2-4-6-12/h2-9H,10H2,1H3,(H2,17,18,19). The van der Waals surface area contributed by atoms with E-state index in [1.54, 1.807) is 0 Å². The fraction of sp³-hybridized carbons (Fsp3) is 0.125. The average Bonchev–Trinajstić information content (AvgIpc) is 2.41. The molecular formula is C16H15N3. The Bertz CT molecular complexity index is 721. The summed E-state index contributed by atoms with van der Waals surface area (Å²) in [7, 11) is 0. The maximum Gasteiger partial charge on any atom is 0.135 e. The van der Waals surface area contributed by atoms with Crippen LogP contribution in [-0.4, -0.2) is 9.97 Å². The summed E-state index contributed by atoms with van der Waals surface area (Å²) >= 11 is 0. The molecule has 94 valence electrons. The zero-order chi connectivity index (χ0) is 13.2. The van der Waals surface area contributed by atoms with Crippen molar-refractivity contribution in [1.82, 2.24) is 9.97 Å². The highest BCUT2D eigenvalue weighted by molar-refractivity contribution is 5.88. The number of fused-ring (bicyclic) bond motifs is 1. The van der Waals surface area contributed by atoms with Gasteiger partial charge in [0, 0.05) is 11.8 Å². The van der Waals surface area contributed by atoms with Crippen LogP contribution in [0.4, 0.5) is 5.82 Å². The second-order valence-corrected chi connectivity index (χ2v) is 4.71. The molecule has 0 radical (unpaired) electrons. The molecule has 3 nitrogen and oxygen atoms in total. The van der Waals surface area contributed by atoms with Crippen molar-refractivity contribution in [2.45, 2.75) is 13.3 Å². The molecule has 0 aliphatic carbocycles. The first-order chi connectivity index (χ1) is 9.22. The van der Waals surface area contributed by atoms with Crippen LogP contribution in [0.2, 0.25) is 0 Å². The van der Waals surface area contributed by atoms with Crippen molar-refractivity contribution in [3.05, 3.63) is 65.5 Å². The monoisotopic (exact) mass is 249 g/mol. The number of nitrogens with zero attached hydrogens (tertiary/aromatic N) is 2. The van der Waals surface area contributed by atoms with Gasteiger partial charge in [-0.2, -0.15) is 0 Å². The van der Waals surface area contributed by atoms with Crippen molar-refractivity contribution >= 4 is 16.7 Å². The largest absolute Gasteiger partial charge is 0.383 e. The van der Waals surface area contributed by atoms with Crippen molar-refractivity contribution in [2.24, 2.45) is 0 Å². The number of anilines is 1. The number of hydrogen-bond acceptors (Lipinski definition) is 3. The minimum absolute atomic E-state index is 0.555. The molecular weight excluding hydrogens is 234 g/mol. The second kappa shape index (κ2) is 4.69. The van der Waals surface area contributed by atoms with Crippen molar-refractivity contribution in [1.29, 1.82) is 0 Å². The first kappa shape index (κ1) is 11.7. The van der Waals surface area contributed by atoms with Crippen molar-refractivity contribution < 1.29 is 0 Å². The molecule has 2 aromatic carbocycles. The average molecular weight is 249 g/mol. The van der Waals surface area contributed by atoms with Gasteiger partial charge in [0.25, 0.3) is 0 Å². The summed E-state index contributed by atoms with van der Waals surface area (Å²) in [6.07, 6.45) is 0.703. The number of aromatic nitrogens is 2. The summed E-state index contributed by atoms with van der Waals surface area (Å²) in [5.74, 6) is 1.32. The summed E-state index contributed by atoms with van der Waals surface area (Å²) < 4.78 is 0. The molecule has 0 spiro atoms. The number of hydrogen-bond donors (Lipinski definition) is 1. The molecule has 2 N–H and O–H groups in total.